The fourth-order valence-electron chi connectivity index (χ4n) is 3.29. The molecule has 0 aliphatic rings. The third kappa shape index (κ3) is 4.13. The van der Waals surface area contributed by atoms with Gasteiger partial charge in [-0.15, -0.1) is 0 Å². The van der Waals surface area contributed by atoms with E-state index in [9.17, 15) is 9.59 Å². The maximum Gasteiger partial charge on any atom is 0.405 e. The Balaban J connectivity index is 1.89. The SMILES string of the molecule is COc1cccc(Sc2ccn3nc(C(C)NC(=O)O)n(-c4ccccc4)c(=O)c23)c1. The van der Waals surface area contributed by atoms with Crippen molar-refractivity contribution in [2.24, 2.45) is 0 Å². The Morgan fingerprint density at radius 3 is 2.65 bits per heavy atom. The first-order chi connectivity index (χ1) is 15.0. The van der Waals surface area contributed by atoms with Crippen LogP contribution < -0.4 is 15.6 Å². The summed E-state index contributed by atoms with van der Waals surface area (Å²) in [7, 11) is 1.61. The first-order valence-corrected chi connectivity index (χ1v) is 10.3. The molecule has 0 saturated heterocycles. The fourth-order valence-corrected chi connectivity index (χ4v) is 4.27. The maximum absolute atomic E-state index is 13.6. The monoisotopic (exact) mass is 436 g/mol. The molecular weight excluding hydrogens is 416 g/mol. The molecule has 0 bridgehead atoms. The normalized spacial score (nSPS) is 11.9. The number of carbonyl (C=O) groups is 1. The zero-order valence-corrected chi connectivity index (χ0v) is 17.7. The van der Waals surface area contributed by atoms with Gasteiger partial charge in [0.2, 0.25) is 0 Å². The van der Waals surface area contributed by atoms with Crippen molar-refractivity contribution >= 4 is 23.4 Å². The highest BCUT2D eigenvalue weighted by molar-refractivity contribution is 7.99. The maximum atomic E-state index is 13.6. The minimum absolute atomic E-state index is 0.286. The molecule has 0 aliphatic heterocycles. The van der Waals surface area contributed by atoms with Gasteiger partial charge in [0.1, 0.15) is 11.3 Å². The van der Waals surface area contributed by atoms with Crippen molar-refractivity contribution < 1.29 is 14.6 Å². The first-order valence-electron chi connectivity index (χ1n) is 9.49. The minimum atomic E-state index is -1.19. The topological polar surface area (TPSA) is 97.9 Å². The van der Waals surface area contributed by atoms with E-state index in [0.29, 0.717) is 17.0 Å². The van der Waals surface area contributed by atoms with E-state index in [1.54, 1.807) is 32.4 Å². The second-order valence-corrected chi connectivity index (χ2v) is 7.88. The van der Waals surface area contributed by atoms with E-state index in [1.807, 2.05) is 48.5 Å². The highest BCUT2D eigenvalue weighted by Gasteiger charge is 2.21. The van der Waals surface area contributed by atoms with Gasteiger partial charge in [-0.25, -0.2) is 9.31 Å². The van der Waals surface area contributed by atoms with Crippen molar-refractivity contribution in [2.75, 3.05) is 7.11 Å². The summed E-state index contributed by atoms with van der Waals surface area (Å²) >= 11 is 1.43. The lowest BCUT2D eigenvalue weighted by Crippen LogP contribution is -2.33. The van der Waals surface area contributed by atoms with E-state index in [0.717, 1.165) is 15.5 Å². The first kappa shape index (κ1) is 20.5. The third-order valence-corrected chi connectivity index (χ3v) is 5.72. The number of fused-ring (bicyclic) bond motifs is 1. The summed E-state index contributed by atoms with van der Waals surface area (Å²) in [5.74, 6) is 1.02. The second-order valence-electron chi connectivity index (χ2n) is 6.76. The molecule has 9 heteroatoms. The van der Waals surface area contributed by atoms with E-state index in [4.69, 9.17) is 9.84 Å². The summed E-state index contributed by atoms with van der Waals surface area (Å²) in [6.45, 7) is 1.65. The fraction of sp³-hybridized carbons (Fsp3) is 0.136. The summed E-state index contributed by atoms with van der Waals surface area (Å²) in [4.78, 5) is 26.5. The number of methoxy groups -OCH3 is 1. The average Bonchev–Trinajstić information content (AvgIpc) is 3.16. The van der Waals surface area contributed by atoms with Gasteiger partial charge in [0.25, 0.3) is 5.56 Å². The molecule has 31 heavy (non-hydrogen) atoms. The largest absolute Gasteiger partial charge is 0.497 e. The Labute approximate surface area is 182 Å². The van der Waals surface area contributed by atoms with Gasteiger partial charge in [-0.2, -0.15) is 5.10 Å². The van der Waals surface area contributed by atoms with Crippen LogP contribution in [-0.4, -0.2) is 32.5 Å². The summed E-state index contributed by atoms with van der Waals surface area (Å²) in [6.07, 6.45) is 0.509. The molecule has 1 amide bonds. The zero-order chi connectivity index (χ0) is 22.0. The number of rotatable bonds is 6. The number of amides is 1. The molecule has 8 nitrogen and oxygen atoms in total. The van der Waals surface area contributed by atoms with Gasteiger partial charge in [0.15, 0.2) is 5.82 Å². The lowest BCUT2D eigenvalue weighted by Gasteiger charge is -2.18. The summed E-state index contributed by atoms with van der Waals surface area (Å²) < 4.78 is 8.23. The standard InChI is InChI=1S/C22H20N4O4S/c1-14(23-22(28)29)20-24-25-12-11-18(31-17-10-6-9-16(13-17)30-2)19(25)21(27)26(20)15-7-4-3-5-8-15/h3-14,23H,1-2H3,(H,28,29). The van der Waals surface area contributed by atoms with Crippen molar-refractivity contribution in [2.45, 2.75) is 22.8 Å². The highest BCUT2D eigenvalue weighted by atomic mass is 32.2. The molecule has 4 rings (SSSR count). The minimum Gasteiger partial charge on any atom is -0.497 e. The third-order valence-electron chi connectivity index (χ3n) is 4.69. The molecule has 0 saturated carbocycles. The van der Waals surface area contributed by atoms with Crippen molar-refractivity contribution in [3.63, 3.8) is 0 Å². The molecule has 0 aliphatic carbocycles. The number of hydrogen-bond donors (Lipinski definition) is 2. The Bertz CT molecular complexity index is 1300. The van der Waals surface area contributed by atoms with E-state index in [1.165, 1.54) is 20.8 Å². The van der Waals surface area contributed by atoms with Crippen LogP contribution >= 0.6 is 11.8 Å². The molecular formula is C22H20N4O4S. The van der Waals surface area contributed by atoms with E-state index in [2.05, 4.69) is 10.4 Å². The van der Waals surface area contributed by atoms with Gasteiger partial charge in [0, 0.05) is 16.0 Å². The van der Waals surface area contributed by atoms with Crippen LogP contribution in [0.25, 0.3) is 11.2 Å². The van der Waals surface area contributed by atoms with Crippen molar-refractivity contribution in [3.05, 3.63) is 83.0 Å². The molecule has 2 N–H and O–H groups in total. The number of nitrogens with one attached hydrogen (secondary N) is 1. The number of para-hydroxylation sites is 1. The molecule has 4 aromatic rings. The van der Waals surface area contributed by atoms with Crippen LogP contribution in [0.1, 0.15) is 18.8 Å². The van der Waals surface area contributed by atoms with Crippen LogP contribution in [0.2, 0.25) is 0 Å². The smallest absolute Gasteiger partial charge is 0.405 e. The van der Waals surface area contributed by atoms with E-state index < -0.39 is 12.1 Å². The zero-order valence-electron chi connectivity index (χ0n) is 16.9. The van der Waals surface area contributed by atoms with Gasteiger partial charge in [-0.3, -0.25) is 9.36 Å². The van der Waals surface area contributed by atoms with Crippen LogP contribution in [0, 0.1) is 0 Å². The van der Waals surface area contributed by atoms with Crippen LogP contribution in [0.5, 0.6) is 5.75 Å². The van der Waals surface area contributed by atoms with Crippen molar-refractivity contribution in [1.82, 2.24) is 19.5 Å². The van der Waals surface area contributed by atoms with Crippen LogP contribution in [-0.2, 0) is 0 Å². The molecule has 0 radical (unpaired) electrons. The summed E-state index contributed by atoms with van der Waals surface area (Å²) in [6, 6.07) is 17.7. The molecule has 2 heterocycles. The Morgan fingerprint density at radius 1 is 1.16 bits per heavy atom. The summed E-state index contributed by atoms with van der Waals surface area (Å²) in [5, 5.41) is 16.1. The van der Waals surface area contributed by atoms with Crippen LogP contribution in [0.3, 0.4) is 0 Å². The predicted octanol–water partition coefficient (Wildman–Crippen LogP) is 3.97. The molecule has 1 atom stereocenters. The number of nitrogens with zero attached hydrogens (tertiary/aromatic N) is 3. The number of ether oxygens (including phenoxy) is 1. The van der Waals surface area contributed by atoms with Gasteiger partial charge >= 0.3 is 6.09 Å². The van der Waals surface area contributed by atoms with Gasteiger partial charge in [0.05, 0.1) is 18.8 Å². The van der Waals surface area contributed by atoms with Gasteiger partial charge in [-0.1, -0.05) is 36.0 Å². The van der Waals surface area contributed by atoms with E-state index in [-0.39, 0.29) is 5.56 Å². The number of benzene rings is 2. The van der Waals surface area contributed by atoms with Crippen molar-refractivity contribution in [1.29, 1.82) is 0 Å². The van der Waals surface area contributed by atoms with E-state index >= 15 is 0 Å². The number of hydrogen-bond acceptors (Lipinski definition) is 5. The lowest BCUT2D eigenvalue weighted by atomic mass is 10.2. The lowest BCUT2D eigenvalue weighted by molar-refractivity contribution is 0.190. The van der Waals surface area contributed by atoms with Crippen LogP contribution in [0.15, 0.2) is 81.4 Å². The Morgan fingerprint density at radius 2 is 1.94 bits per heavy atom. The number of carboxylic acid groups (broad SMARTS) is 1. The van der Waals surface area contributed by atoms with Gasteiger partial charge < -0.3 is 15.2 Å². The highest BCUT2D eigenvalue weighted by Crippen LogP contribution is 2.32. The van der Waals surface area contributed by atoms with Gasteiger partial charge in [-0.05, 0) is 43.3 Å². The molecule has 2 aromatic carbocycles. The predicted molar refractivity (Wildman–Crippen MR) is 117 cm³/mol. The number of aromatic nitrogens is 3. The Kier molecular flexibility index (Phi) is 5.68. The molecule has 0 fully saturated rings. The quantitative estimate of drug-likeness (QED) is 0.475. The molecule has 0 spiro atoms. The van der Waals surface area contributed by atoms with Crippen molar-refractivity contribution in [3.8, 4) is 11.4 Å². The molecule has 158 valence electrons. The summed E-state index contributed by atoms with van der Waals surface area (Å²) in [5.41, 5.74) is 0.726. The second kappa shape index (κ2) is 8.57. The van der Waals surface area contributed by atoms with Crippen LogP contribution in [0.4, 0.5) is 4.79 Å². The molecule has 1 unspecified atom stereocenters. The average molecular weight is 436 g/mol. The molecule has 2 aromatic heterocycles. The Hall–Kier alpha value is -3.72.